The highest BCUT2D eigenvalue weighted by Gasteiger charge is 2.24. The van der Waals surface area contributed by atoms with Crippen LogP contribution in [0.4, 0.5) is 0 Å². The van der Waals surface area contributed by atoms with Crippen LogP contribution in [0.15, 0.2) is 53.3 Å². The van der Waals surface area contributed by atoms with Gasteiger partial charge in [0.25, 0.3) is 5.56 Å². The molecule has 1 fully saturated rings. The Morgan fingerprint density at radius 1 is 1.12 bits per heavy atom. The van der Waals surface area contributed by atoms with Gasteiger partial charge in [0.15, 0.2) is 3.95 Å². The maximum absolute atomic E-state index is 13.6. The third-order valence-electron chi connectivity index (χ3n) is 6.21. The van der Waals surface area contributed by atoms with E-state index in [4.69, 9.17) is 23.8 Å². The summed E-state index contributed by atoms with van der Waals surface area (Å²) in [5.41, 5.74) is 1.97. The predicted molar refractivity (Wildman–Crippen MR) is 133 cm³/mol. The van der Waals surface area contributed by atoms with Gasteiger partial charge < -0.3 is 4.90 Å². The first-order valence-corrected chi connectivity index (χ1v) is 12.3. The van der Waals surface area contributed by atoms with E-state index in [0.29, 0.717) is 25.9 Å². The van der Waals surface area contributed by atoms with Gasteiger partial charge in [-0.3, -0.25) is 18.6 Å². The third kappa shape index (κ3) is 3.58. The number of benzene rings is 2. The fourth-order valence-electron chi connectivity index (χ4n) is 4.37. The summed E-state index contributed by atoms with van der Waals surface area (Å²) in [7, 11) is 0. The average Bonchev–Trinajstić information content (AvgIpc) is 3.14. The molecule has 0 aliphatic carbocycles. The molecule has 1 aliphatic heterocycles. The third-order valence-corrected chi connectivity index (χ3v) is 7.94. The van der Waals surface area contributed by atoms with E-state index in [1.807, 2.05) is 51.8 Å². The molecular formula is C24H22ClN3O2S2. The van der Waals surface area contributed by atoms with Gasteiger partial charge in [-0.15, -0.1) is 11.3 Å². The molecule has 8 heteroatoms. The summed E-state index contributed by atoms with van der Waals surface area (Å²) in [4.78, 5) is 29.5. The number of likely N-dealkylation sites (tertiary alicyclic amines) is 1. The van der Waals surface area contributed by atoms with E-state index in [9.17, 15) is 9.59 Å². The van der Waals surface area contributed by atoms with Crippen molar-refractivity contribution in [2.75, 3.05) is 13.1 Å². The standard InChI is InChI=1S/C24H22ClN3O2S2/c1-15-10-12-26(13-11-15)20(29)14-27-22-21(16-6-2-4-8-18(16)25)32-24(31)28(22)19-9-5-3-7-17(19)23(27)30/h2-9,15H,10-14H2,1H3. The van der Waals surface area contributed by atoms with Crippen molar-refractivity contribution in [3.8, 4) is 10.4 Å². The lowest BCUT2D eigenvalue weighted by atomic mass is 9.99. The van der Waals surface area contributed by atoms with E-state index in [2.05, 4.69) is 6.92 Å². The van der Waals surface area contributed by atoms with Crippen molar-refractivity contribution in [2.24, 2.45) is 5.92 Å². The molecular weight excluding hydrogens is 462 g/mol. The number of para-hydroxylation sites is 1. The minimum Gasteiger partial charge on any atom is -0.341 e. The van der Waals surface area contributed by atoms with Gasteiger partial charge in [0.2, 0.25) is 5.91 Å². The maximum atomic E-state index is 13.6. The molecule has 0 atom stereocenters. The number of hydrogen-bond donors (Lipinski definition) is 0. The predicted octanol–water partition coefficient (Wildman–Crippen LogP) is 5.62. The highest BCUT2D eigenvalue weighted by molar-refractivity contribution is 7.73. The Bertz CT molecular complexity index is 1460. The Morgan fingerprint density at radius 2 is 1.81 bits per heavy atom. The van der Waals surface area contributed by atoms with E-state index >= 15 is 0 Å². The molecule has 5 rings (SSSR count). The van der Waals surface area contributed by atoms with Crippen LogP contribution in [0, 0.1) is 9.87 Å². The first-order valence-electron chi connectivity index (χ1n) is 10.7. The van der Waals surface area contributed by atoms with E-state index < -0.39 is 0 Å². The molecule has 1 amide bonds. The van der Waals surface area contributed by atoms with Gasteiger partial charge in [0, 0.05) is 23.7 Å². The zero-order valence-corrected chi connectivity index (χ0v) is 20.0. The molecule has 2 aromatic carbocycles. The number of carbonyl (C=O) groups excluding carboxylic acids is 1. The SMILES string of the molecule is CC1CCN(C(=O)Cn2c(=O)c3ccccc3n3c(=S)sc(-c4ccccc4Cl)c23)CC1. The summed E-state index contributed by atoms with van der Waals surface area (Å²) in [6, 6.07) is 14.9. The van der Waals surface area contributed by atoms with Crippen LogP contribution in [0.25, 0.3) is 27.0 Å². The molecule has 5 nitrogen and oxygen atoms in total. The summed E-state index contributed by atoms with van der Waals surface area (Å²) in [5.74, 6) is 0.578. The molecule has 0 N–H and O–H groups in total. The van der Waals surface area contributed by atoms with Gasteiger partial charge >= 0.3 is 0 Å². The van der Waals surface area contributed by atoms with Crippen molar-refractivity contribution >= 4 is 57.6 Å². The number of rotatable bonds is 3. The molecule has 1 aliphatic rings. The second kappa shape index (κ2) is 8.46. The first kappa shape index (κ1) is 21.4. The molecule has 0 saturated carbocycles. The van der Waals surface area contributed by atoms with Gasteiger partial charge in [-0.2, -0.15) is 0 Å². The Hall–Kier alpha value is -2.48. The second-order valence-electron chi connectivity index (χ2n) is 8.31. The van der Waals surface area contributed by atoms with Crippen LogP contribution in [-0.2, 0) is 11.3 Å². The number of aromatic nitrogens is 2. The molecule has 2 aromatic heterocycles. The molecule has 32 heavy (non-hydrogen) atoms. The van der Waals surface area contributed by atoms with E-state index in [1.54, 1.807) is 10.6 Å². The molecule has 0 bridgehead atoms. The molecule has 1 saturated heterocycles. The van der Waals surface area contributed by atoms with Crippen molar-refractivity contribution in [1.29, 1.82) is 0 Å². The maximum Gasteiger partial charge on any atom is 0.262 e. The number of piperidine rings is 1. The minimum atomic E-state index is -0.194. The highest BCUT2D eigenvalue weighted by atomic mass is 35.5. The van der Waals surface area contributed by atoms with Crippen LogP contribution in [-0.4, -0.2) is 32.9 Å². The van der Waals surface area contributed by atoms with Crippen molar-refractivity contribution in [1.82, 2.24) is 13.9 Å². The quantitative estimate of drug-likeness (QED) is 0.355. The number of amides is 1. The lowest BCUT2D eigenvalue weighted by molar-refractivity contribution is -0.133. The van der Waals surface area contributed by atoms with Gasteiger partial charge in [-0.25, -0.2) is 0 Å². The second-order valence-corrected chi connectivity index (χ2v) is 10.4. The fourth-order valence-corrected chi connectivity index (χ4v) is 6.13. The normalized spacial score (nSPS) is 15.0. The summed E-state index contributed by atoms with van der Waals surface area (Å²) in [6.45, 7) is 3.64. The van der Waals surface area contributed by atoms with E-state index in [-0.39, 0.29) is 18.0 Å². The van der Waals surface area contributed by atoms with Crippen LogP contribution >= 0.6 is 35.2 Å². The van der Waals surface area contributed by atoms with Gasteiger partial charge in [-0.05, 0) is 49.2 Å². The van der Waals surface area contributed by atoms with Crippen molar-refractivity contribution in [2.45, 2.75) is 26.3 Å². The summed E-state index contributed by atoms with van der Waals surface area (Å²) < 4.78 is 4.09. The number of halogens is 1. The number of hydrogen-bond acceptors (Lipinski definition) is 4. The first-order chi connectivity index (χ1) is 15.5. The van der Waals surface area contributed by atoms with Gasteiger partial charge in [0.05, 0.1) is 15.8 Å². The number of thiazole rings is 1. The lowest BCUT2D eigenvalue weighted by Gasteiger charge is -2.30. The van der Waals surface area contributed by atoms with Crippen LogP contribution < -0.4 is 5.56 Å². The van der Waals surface area contributed by atoms with E-state index in [1.165, 1.54) is 11.3 Å². The van der Waals surface area contributed by atoms with Crippen molar-refractivity contribution < 1.29 is 4.79 Å². The van der Waals surface area contributed by atoms with Crippen LogP contribution in [0.2, 0.25) is 5.02 Å². The monoisotopic (exact) mass is 483 g/mol. The Labute approximate surface area is 199 Å². The zero-order chi connectivity index (χ0) is 22.4. The smallest absolute Gasteiger partial charge is 0.262 e. The average molecular weight is 484 g/mol. The number of carbonyl (C=O) groups is 1. The molecule has 3 heterocycles. The molecule has 164 valence electrons. The number of fused-ring (bicyclic) bond motifs is 3. The summed E-state index contributed by atoms with van der Waals surface area (Å²) in [5, 5.41) is 1.12. The minimum absolute atomic E-state index is 0.0233. The van der Waals surface area contributed by atoms with Crippen LogP contribution in [0.1, 0.15) is 19.8 Å². The van der Waals surface area contributed by atoms with Crippen molar-refractivity contribution in [3.63, 3.8) is 0 Å². The van der Waals surface area contributed by atoms with Gasteiger partial charge in [0.1, 0.15) is 12.2 Å². The lowest BCUT2D eigenvalue weighted by Crippen LogP contribution is -2.41. The van der Waals surface area contributed by atoms with Gasteiger partial charge in [-0.1, -0.05) is 48.9 Å². The Kier molecular flexibility index (Phi) is 5.65. The molecule has 0 radical (unpaired) electrons. The van der Waals surface area contributed by atoms with E-state index in [0.717, 1.165) is 41.9 Å². The summed E-state index contributed by atoms with van der Waals surface area (Å²) in [6.07, 6.45) is 1.98. The van der Waals surface area contributed by atoms with Crippen molar-refractivity contribution in [3.05, 3.63) is 67.9 Å². The molecule has 0 spiro atoms. The highest BCUT2D eigenvalue weighted by Crippen LogP contribution is 2.37. The topological polar surface area (TPSA) is 46.7 Å². The fraction of sp³-hybridized carbons (Fsp3) is 0.292. The zero-order valence-electron chi connectivity index (χ0n) is 17.6. The van der Waals surface area contributed by atoms with Crippen LogP contribution in [0.3, 0.4) is 0 Å². The Balaban J connectivity index is 1.76. The summed E-state index contributed by atoms with van der Waals surface area (Å²) >= 11 is 13.7. The largest absolute Gasteiger partial charge is 0.341 e. The van der Waals surface area contributed by atoms with Crippen LogP contribution in [0.5, 0.6) is 0 Å². The Morgan fingerprint density at radius 3 is 2.56 bits per heavy atom. The molecule has 0 unspecified atom stereocenters. The number of nitrogens with zero attached hydrogens (tertiary/aromatic N) is 3. The molecule has 4 aromatic rings.